The first-order valence-corrected chi connectivity index (χ1v) is 6.81. The molecule has 3 aliphatic rings. The predicted octanol–water partition coefficient (Wildman–Crippen LogP) is 0.828. The standard InChI is InChI=1S/C11H16N2O2S/c14-6-12-11(5-9(11)7-1-2-7)10(15)13-16-8-3-4-8/h6-9H,1-5H2,(H,12,14)(H,13,15)/t9?,11-/m1/s1. The fraction of sp³-hybridized carbons (Fsp3) is 0.818. The molecule has 0 spiro atoms. The molecule has 0 bridgehead atoms. The third-order valence-corrected chi connectivity index (χ3v) is 4.88. The molecule has 3 aliphatic carbocycles. The van der Waals surface area contributed by atoms with Gasteiger partial charge in [0.1, 0.15) is 5.54 Å². The van der Waals surface area contributed by atoms with E-state index in [2.05, 4.69) is 10.0 Å². The minimum Gasteiger partial charge on any atom is -0.344 e. The zero-order valence-corrected chi connectivity index (χ0v) is 9.89. The highest BCUT2D eigenvalue weighted by Gasteiger charge is 2.64. The van der Waals surface area contributed by atoms with Crippen molar-refractivity contribution >= 4 is 24.3 Å². The van der Waals surface area contributed by atoms with Gasteiger partial charge in [-0.3, -0.25) is 14.3 Å². The molecule has 16 heavy (non-hydrogen) atoms. The van der Waals surface area contributed by atoms with Crippen molar-refractivity contribution in [2.75, 3.05) is 0 Å². The Kier molecular flexibility index (Phi) is 2.38. The van der Waals surface area contributed by atoms with Gasteiger partial charge in [0.05, 0.1) is 0 Å². The predicted molar refractivity (Wildman–Crippen MR) is 61.5 cm³/mol. The molecule has 0 heterocycles. The summed E-state index contributed by atoms with van der Waals surface area (Å²) in [6, 6.07) is 0. The van der Waals surface area contributed by atoms with Crippen LogP contribution in [-0.4, -0.2) is 23.1 Å². The van der Waals surface area contributed by atoms with E-state index in [0.717, 1.165) is 6.42 Å². The van der Waals surface area contributed by atoms with Gasteiger partial charge in [0.25, 0.3) is 5.91 Å². The molecule has 88 valence electrons. The van der Waals surface area contributed by atoms with Gasteiger partial charge in [-0.25, -0.2) is 0 Å². The molecule has 0 aromatic carbocycles. The topological polar surface area (TPSA) is 58.2 Å². The van der Waals surface area contributed by atoms with E-state index in [4.69, 9.17) is 0 Å². The fourth-order valence-electron chi connectivity index (χ4n) is 2.37. The molecular weight excluding hydrogens is 224 g/mol. The third-order valence-electron chi connectivity index (χ3n) is 3.77. The summed E-state index contributed by atoms with van der Waals surface area (Å²) in [5.74, 6) is 1.06. The molecule has 3 fully saturated rings. The number of amides is 2. The van der Waals surface area contributed by atoms with E-state index < -0.39 is 5.54 Å². The van der Waals surface area contributed by atoms with Gasteiger partial charge < -0.3 is 5.32 Å². The number of hydrogen-bond donors (Lipinski definition) is 2. The van der Waals surface area contributed by atoms with E-state index in [9.17, 15) is 9.59 Å². The molecule has 0 aliphatic heterocycles. The number of rotatable bonds is 6. The second-order valence-corrected chi connectivity index (χ2v) is 6.24. The van der Waals surface area contributed by atoms with Gasteiger partial charge in [-0.1, -0.05) is 0 Å². The number of carbonyl (C=O) groups is 2. The highest BCUT2D eigenvalue weighted by Crippen LogP contribution is 2.57. The van der Waals surface area contributed by atoms with Crippen molar-refractivity contribution in [2.45, 2.75) is 42.9 Å². The zero-order valence-electron chi connectivity index (χ0n) is 9.07. The van der Waals surface area contributed by atoms with E-state index in [-0.39, 0.29) is 5.91 Å². The van der Waals surface area contributed by atoms with Gasteiger partial charge in [0, 0.05) is 5.25 Å². The van der Waals surface area contributed by atoms with Crippen molar-refractivity contribution in [3.05, 3.63) is 0 Å². The minimum absolute atomic E-state index is 0.00778. The monoisotopic (exact) mass is 240 g/mol. The van der Waals surface area contributed by atoms with Crippen molar-refractivity contribution < 1.29 is 9.59 Å². The van der Waals surface area contributed by atoms with Crippen LogP contribution in [0, 0.1) is 11.8 Å². The Labute approximate surface area is 99.1 Å². The van der Waals surface area contributed by atoms with Crippen LogP contribution in [0.2, 0.25) is 0 Å². The first-order chi connectivity index (χ1) is 7.76. The van der Waals surface area contributed by atoms with E-state index in [1.54, 1.807) is 0 Å². The maximum absolute atomic E-state index is 12.0. The summed E-state index contributed by atoms with van der Waals surface area (Å²) in [6.45, 7) is 0. The summed E-state index contributed by atoms with van der Waals surface area (Å²) in [6.07, 6.45) is 6.33. The fourth-order valence-corrected chi connectivity index (χ4v) is 3.19. The lowest BCUT2D eigenvalue weighted by atomic mass is 10.1. The van der Waals surface area contributed by atoms with Crippen LogP contribution >= 0.6 is 11.9 Å². The Morgan fingerprint density at radius 1 is 1.31 bits per heavy atom. The largest absolute Gasteiger partial charge is 0.344 e. The van der Waals surface area contributed by atoms with Crippen LogP contribution < -0.4 is 10.0 Å². The average molecular weight is 240 g/mol. The second-order valence-electron chi connectivity index (χ2n) is 5.13. The molecule has 3 saturated carbocycles. The number of nitrogens with one attached hydrogen (secondary N) is 2. The van der Waals surface area contributed by atoms with E-state index >= 15 is 0 Å². The quantitative estimate of drug-likeness (QED) is 0.534. The molecule has 4 nitrogen and oxygen atoms in total. The highest BCUT2D eigenvalue weighted by atomic mass is 32.2. The van der Waals surface area contributed by atoms with Crippen LogP contribution in [0.1, 0.15) is 32.1 Å². The first-order valence-electron chi connectivity index (χ1n) is 5.94. The highest BCUT2D eigenvalue weighted by molar-refractivity contribution is 7.98. The molecule has 3 rings (SSSR count). The van der Waals surface area contributed by atoms with Gasteiger partial charge in [0.2, 0.25) is 6.41 Å². The number of carbonyl (C=O) groups excluding carboxylic acids is 2. The SMILES string of the molecule is O=CN[C@]1(C(=O)NSC2CC2)CC1C1CC1. The summed E-state index contributed by atoms with van der Waals surface area (Å²) in [7, 11) is 0. The van der Waals surface area contributed by atoms with Crippen LogP contribution in [0.3, 0.4) is 0 Å². The van der Waals surface area contributed by atoms with Crippen LogP contribution in [0.4, 0.5) is 0 Å². The van der Waals surface area contributed by atoms with Crippen molar-refractivity contribution in [3.8, 4) is 0 Å². The Hall–Kier alpha value is -0.710. The van der Waals surface area contributed by atoms with E-state index in [1.165, 1.54) is 37.6 Å². The molecule has 2 N–H and O–H groups in total. The Bertz CT molecular complexity index is 328. The molecule has 1 unspecified atom stereocenters. The van der Waals surface area contributed by atoms with Gasteiger partial charge in [-0.15, -0.1) is 0 Å². The average Bonchev–Trinajstić information content (AvgIpc) is 3.13. The minimum atomic E-state index is -0.565. The van der Waals surface area contributed by atoms with Crippen LogP contribution in [0.15, 0.2) is 0 Å². The molecule has 0 aromatic rings. The van der Waals surface area contributed by atoms with Crippen LogP contribution in [0.5, 0.6) is 0 Å². The van der Waals surface area contributed by atoms with Crippen molar-refractivity contribution in [3.63, 3.8) is 0 Å². The van der Waals surface area contributed by atoms with E-state index in [0.29, 0.717) is 23.5 Å². The smallest absolute Gasteiger partial charge is 0.255 e. The Morgan fingerprint density at radius 3 is 2.62 bits per heavy atom. The molecule has 0 aromatic heterocycles. The molecule has 2 atom stereocenters. The normalized spacial score (nSPS) is 36.6. The molecule has 0 radical (unpaired) electrons. The first kappa shape index (κ1) is 10.4. The zero-order chi connectivity index (χ0) is 11.2. The van der Waals surface area contributed by atoms with Crippen molar-refractivity contribution in [1.82, 2.24) is 10.0 Å². The lowest BCUT2D eigenvalue weighted by molar-refractivity contribution is -0.125. The van der Waals surface area contributed by atoms with Crippen molar-refractivity contribution in [1.29, 1.82) is 0 Å². The summed E-state index contributed by atoms with van der Waals surface area (Å²) < 4.78 is 2.90. The molecule has 5 heteroatoms. The van der Waals surface area contributed by atoms with E-state index in [1.807, 2.05) is 0 Å². The summed E-state index contributed by atoms with van der Waals surface area (Å²) in [4.78, 5) is 22.6. The Morgan fingerprint density at radius 2 is 2.06 bits per heavy atom. The summed E-state index contributed by atoms with van der Waals surface area (Å²) >= 11 is 1.52. The lowest BCUT2D eigenvalue weighted by Gasteiger charge is -2.15. The molecule has 2 amide bonds. The van der Waals surface area contributed by atoms with Gasteiger partial charge in [-0.05, 0) is 55.9 Å². The second kappa shape index (κ2) is 3.65. The Balaban J connectivity index is 1.58. The lowest BCUT2D eigenvalue weighted by Crippen LogP contribution is -2.46. The number of hydrogen-bond acceptors (Lipinski definition) is 3. The van der Waals surface area contributed by atoms with Crippen molar-refractivity contribution in [2.24, 2.45) is 11.8 Å². The third kappa shape index (κ3) is 1.81. The van der Waals surface area contributed by atoms with Gasteiger partial charge in [-0.2, -0.15) is 0 Å². The van der Waals surface area contributed by atoms with Crippen LogP contribution in [0.25, 0.3) is 0 Å². The van der Waals surface area contributed by atoms with Gasteiger partial charge >= 0.3 is 0 Å². The maximum atomic E-state index is 12.0. The van der Waals surface area contributed by atoms with Crippen LogP contribution in [-0.2, 0) is 9.59 Å². The maximum Gasteiger partial charge on any atom is 0.255 e. The molecular formula is C11H16N2O2S. The van der Waals surface area contributed by atoms with Gasteiger partial charge in [0.15, 0.2) is 0 Å². The summed E-state index contributed by atoms with van der Waals surface area (Å²) in [5.41, 5.74) is -0.565. The summed E-state index contributed by atoms with van der Waals surface area (Å²) in [5, 5.41) is 3.35. The molecule has 0 saturated heterocycles.